The number of aromatic carboxylic acids is 1. The molecule has 0 aromatic heterocycles. The fourth-order valence-corrected chi connectivity index (χ4v) is 5.08. The third-order valence-electron chi connectivity index (χ3n) is 7.57. The van der Waals surface area contributed by atoms with E-state index in [4.69, 9.17) is 9.47 Å². The maximum absolute atomic E-state index is 14.0. The lowest BCUT2D eigenvalue weighted by Crippen LogP contribution is -2.46. The van der Waals surface area contributed by atoms with Crippen molar-refractivity contribution in [3.63, 3.8) is 0 Å². The average molecular weight is 593 g/mol. The van der Waals surface area contributed by atoms with Gasteiger partial charge in [-0.2, -0.15) is 0 Å². The molecule has 0 radical (unpaired) electrons. The molecule has 0 bridgehead atoms. The number of urea groups is 1. The second-order valence-corrected chi connectivity index (χ2v) is 10.8. The zero-order valence-corrected chi connectivity index (χ0v) is 24.7. The quantitative estimate of drug-likeness (QED) is 0.361. The third kappa shape index (κ3) is 7.88. The van der Waals surface area contributed by atoms with Gasteiger partial charge in [-0.15, -0.1) is 0 Å². The van der Waals surface area contributed by atoms with Gasteiger partial charge in [0.25, 0.3) is 5.91 Å². The topological polar surface area (TPSA) is 120 Å². The summed E-state index contributed by atoms with van der Waals surface area (Å²) in [5.41, 5.74) is 1.51. The summed E-state index contributed by atoms with van der Waals surface area (Å²) in [5, 5.41) is 14.8. The van der Waals surface area contributed by atoms with E-state index in [1.54, 1.807) is 49.4 Å². The highest BCUT2D eigenvalue weighted by atomic mass is 19.1. The Morgan fingerprint density at radius 1 is 1.05 bits per heavy atom. The second kappa shape index (κ2) is 14.1. The molecule has 0 spiro atoms. The Morgan fingerprint density at radius 3 is 2.49 bits per heavy atom. The van der Waals surface area contributed by atoms with Crippen molar-refractivity contribution < 1.29 is 33.4 Å². The van der Waals surface area contributed by atoms with E-state index >= 15 is 0 Å². The van der Waals surface area contributed by atoms with Crippen LogP contribution in [0.25, 0.3) is 0 Å². The Labute approximate surface area is 250 Å². The zero-order chi connectivity index (χ0) is 31.1. The highest BCUT2D eigenvalue weighted by Gasteiger charge is 2.29. The summed E-state index contributed by atoms with van der Waals surface area (Å²) in [5.74, 6) is -1.57. The fraction of sp³-hybridized carbons (Fsp3) is 0.344. The number of nitrogens with one attached hydrogen (secondary N) is 2. The molecular weight excluding hydrogens is 555 g/mol. The summed E-state index contributed by atoms with van der Waals surface area (Å²) in [7, 11) is 3.28. The molecule has 3 atom stereocenters. The van der Waals surface area contributed by atoms with Gasteiger partial charge in [0, 0.05) is 45.5 Å². The van der Waals surface area contributed by atoms with Crippen molar-refractivity contribution in [3.8, 4) is 5.75 Å². The number of benzene rings is 3. The van der Waals surface area contributed by atoms with Crippen LogP contribution < -0.4 is 15.4 Å². The number of nitrogens with zero attached hydrogens (tertiary/aromatic N) is 2. The standard InChI is InChI=1S/C32H37FN4O6/c1-20-16-37(17-22-9-5-6-10-24(22)31(39)40)21(2)19-43-28-14-13-23(15-25(28)30(38)36(3)18-29(20)42-4)34-32(41)35-27-12-8-7-11-26(27)33/h5-15,20-21,29H,16-19H2,1-4H3,(H,39,40)(H2,34,35,41)/t20-,21-,29+/m0/s1. The summed E-state index contributed by atoms with van der Waals surface area (Å²) >= 11 is 0. The lowest BCUT2D eigenvalue weighted by Gasteiger charge is -2.36. The van der Waals surface area contributed by atoms with Crippen LogP contribution in [0.1, 0.15) is 40.1 Å². The average Bonchev–Trinajstić information content (AvgIpc) is 2.98. The molecule has 0 aliphatic carbocycles. The third-order valence-corrected chi connectivity index (χ3v) is 7.57. The SMILES string of the molecule is CO[C@@H]1CN(C)C(=O)c2cc(NC(=O)Nc3ccccc3F)ccc2OC[C@H](C)N(Cc2ccccc2C(=O)O)C[C@@H]1C. The normalized spacial score (nSPS) is 19.8. The van der Waals surface area contributed by atoms with Crippen molar-refractivity contribution in [2.45, 2.75) is 32.5 Å². The number of para-hydroxylation sites is 1. The predicted molar refractivity (Wildman–Crippen MR) is 161 cm³/mol. The Morgan fingerprint density at radius 2 is 1.77 bits per heavy atom. The monoisotopic (exact) mass is 592 g/mol. The van der Waals surface area contributed by atoms with E-state index in [2.05, 4.69) is 15.5 Å². The van der Waals surface area contributed by atoms with Gasteiger partial charge in [0.2, 0.25) is 0 Å². The predicted octanol–water partition coefficient (Wildman–Crippen LogP) is 5.17. The van der Waals surface area contributed by atoms with Crippen LogP contribution in [0.3, 0.4) is 0 Å². The van der Waals surface area contributed by atoms with E-state index < -0.39 is 17.8 Å². The smallest absolute Gasteiger partial charge is 0.336 e. The molecule has 43 heavy (non-hydrogen) atoms. The number of anilines is 2. The number of carbonyl (C=O) groups is 3. The van der Waals surface area contributed by atoms with Crippen LogP contribution >= 0.6 is 0 Å². The highest BCUT2D eigenvalue weighted by Crippen LogP contribution is 2.27. The van der Waals surface area contributed by atoms with Gasteiger partial charge in [-0.05, 0) is 54.8 Å². The molecule has 0 saturated carbocycles. The van der Waals surface area contributed by atoms with Crippen LogP contribution in [-0.4, -0.2) is 78.8 Å². The van der Waals surface area contributed by atoms with Crippen molar-refractivity contribution in [2.24, 2.45) is 5.92 Å². The van der Waals surface area contributed by atoms with Gasteiger partial charge in [0.1, 0.15) is 18.2 Å². The molecule has 1 aliphatic rings. The summed E-state index contributed by atoms with van der Waals surface area (Å²) in [6, 6.07) is 16.6. The van der Waals surface area contributed by atoms with E-state index in [1.807, 2.05) is 26.0 Å². The fourth-order valence-electron chi connectivity index (χ4n) is 5.08. The molecule has 1 aliphatic heterocycles. The number of ether oxygens (including phenoxy) is 2. The molecule has 4 rings (SSSR count). The second-order valence-electron chi connectivity index (χ2n) is 10.8. The molecule has 3 aromatic rings. The molecule has 3 amide bonds. The Kier molecular flexibility index (Phi) is 10.3. The highest BCUT2D eigenvalue weighted by molar-refractivity contribution is 6.02. The number of likely N-dealkylation sites (N-methyl/N-ethyl adjacent to an activating group) is 1. The van der Waals surface area contributed by atoms with Crippen LogP contribution in [0.2, 0.25) is 0 Å². The number of hydrogen-bond donors (Lipinski definition) is 3. The van der Waals surface area contributed by atoms with E-state index in [9.17, 15) is 23.9 Å². The number of methoxy groups -OCH3 is 1. The number of carboxylic acids is 1. The molecule has 1 heterocycles. The molecule has 10 nitrogen and oxygen atoms in total. The molecule has 3 N–H and O–H groups in total. The number of rotatable bonds is 6. The number of amides is 3. The van der Waals surface area contributed by atoms with Gasteiger partial charge in [-0.3, -0.25) is 9.69 Å². The first-order valence-electron chi connectivity index (χ1n) is 14.0. The van der Waals surface area contributed by atoms with Crippen molar-refractivity contribution in [1.29, 1.82) is 0 Å². The van der Waals surface area contributed by atoms with Crippen LogP contribution in [0, 0.1) is 11.7 Å². The molecule has 228 valence electrons. The first-order valence-corrected chi connectivity index (χ1v) is 14.0. The minimum absolute atomic E-state index is 0.0198. The molecule has 3 aromatic carbocycles. The summed E-state index contributed by atoms with van der Waals surface area (Å²) in [6.07, 6.45) is -0.310. The molecule has 0 unspecified atom stereocenters. The van der Waals surface area contributed by atoms with Crippen LogP contribution in [0.5, 0.6) is 5.75 Å². The molecule has 0 fully saturated rings. The van der Waals surface area contributed by atoms with Crippen molar-refractivity contribution >= 4 is 29.3 Å². The number of hydrogen-bond acceptors (Lipinski definition) is 6. The number of carbonyl (C=O) groups excluding carboxylic acids is 2. The molecular formula is C32H37FN4O6. The minimum Gasteiger partial charge on any atom is -0.491 e. The van der Waals surface area contributed by atoms with E-state index in [-0.39, 0.29) is 53.9 Å². The maximum atomic E-state index is 14.0. The van der Waals surface area contributed by atoms with Gasteiger partial charge in [0.15, 0.2) is 0 Å². The van der Waals surface area contributed by atoms with Crippen molar-refractivity contribution in [2.75, 3.05) is 44.5 Å². The van der Waals surface area contributed by atoms with Gasteiger partial charge in [-0.1, -0.05) is 37.3 Å². The van der Waals surface area contributed by atoms with Crippen LogP contribution in [0.15, 0.2) is 66.7 Å². The van der Waals surface area contributed by atoms with Crippen molar-refractivity contribution in [3.05, 3.63) is 89.2 Å². The van der Waals surface area contributed by atoms with E-state index in [0.717, 1.165) is 0 Å². The summed E-state index contributed by atoms with van der Waals surface area (Å²) < 4.78 is 26.0. The Bertz CT molecular complexity index is 1470. The van der Waals surface area contributed by atoms with Gasteiger partial charge >= 0.3 is 12.0 Å². The van der Waals surface area contributed by atoms with Crippen molar-refractivity contribution in [1.82, 2.24) is 9.80 Å². The van der Waals surface area contributed by atoms with Gasteiger partial charge in [0.05, 0.1) is 22.9 Å². The zero-order valence-electron chi connectivity index (χ0n) is 24.7. The summed E-state index contributed by atoms with van der Waals surface area (Å²) in [6.45, 7) is 5.48. The molecule has 11 heteroatoms. The van der Waals surface area contributed by atoms with Gasteiger partial charge < -0.3 is 30.1 Å². The number of halogens is 1. The first kappa shape index (κ1) is 31.5. The maximum Gasteiger partial charge on any atom is 0.336 e. The van der Waals surface area contributed by atoms with E-state index in [1.165, 1.54) is 24.3 Å². The minimum atomic E-state index is -0.988. The summed E-state index contributed by atoms with van der Waals surface area (Å²) in [4.78, 5) is 41.8. The Hall–Kier alpha value is -4.48. The molecule has 0 saturated heterocycles. The van der Waals surface area contributed by atoms with Gasteiger partial charge in [-0.25, -0.2) is 14.0 Å². The van der Waals surface area contributed by atoms with Crippen LogP contribution in [-0.2, 0) is 11.3 Å². The number of fused-ring (bicyclic) bond motifs is 1. The first-order chi connectivity index (χ1) is 20.6. The number of carboxylic acid groups (broad SMARTS) is 1. The van der Waals surface area contributed by atoms with E-state index in [0.29, 0.717) is 30.1 Å². The lowest BCUT2D eigenvalue weighted by molar-refractivity contribution is 0.00915. The largest absolute Gasteiger partial charge is 0.491 e. The van der Waals surface area contributed by atoms with Crippen LogP contribution in [0.4, 0.5) is 20.6 Å². The lowest BCUT2D eigenvalue weighted by atomic mass is 10.00. The Balaban J connectivity index is 1.61.